The number of carbonyl (C=O) groups is 1. The van der Waals surface area contributed by atoms with Crippen molar-refractivity contribution in [1.82, 2.24) is 9.97 Å². The molecular weight excluding hydrogens is 194 g/mol. The molecule has 0 fully saturated rings. The number of nitrogens with zero attached hydrogens (tertiary/aromatic N) is 2. The van der Waals surface area contributed by atoms with Crippen molar-refractivity contribution in [3.63, 3.8) is 0 Å². The summed E-state index contributed by atoms with van der Waals surface area (Å²) in [6.07, 6.45) is 2.87. The molecule has 0 amide bonds. The number of aromatic nitrogens is 2. The van der Waals surface area contributed by atoms with Crippen LogP contribution in [0.15, 0.2) is 12.4 Å². The second-order valence-corrected chi connectivity index (χ2v) is 2.31. The lowest BCUT2D eigenvalue weighted by Gasteiger charge is -2.01. The van der Waals surface area contributed by atoms with Crippen molar-refractivity contribution in [3.05, 3.63) is 18.1 Å². The molecule has 15 heavy (non-hydrogen) atoms. The van der Waals surface area contributed by atoms with Gasteiger partial charge in [-0.25, -0.2) is 14.8 Å². The number of ether oxygens (including phenoxy) is 1. The third-order valence-corrected chi connectivity index (χ3v) is 1.40. The summed E-state index contributed by atoms with van der Waals surface area (Å²) in [6, 6.07) is 0. The molecule has 1 rings (SSSR count). The molecule has 0 spiro atoms. The number of hydrogen-bond donors (Lipinski definition) is 1. The minimum absolute atomic E-state index is 0.212. The van der Waals surface area contributed by atoms with Gasteiger partial charge in [-0.05, 0) is 6.92 Å². The molecule has 0 aromatic carbocycles. The van der Waals surface area contributed by atoms with E-state index in [1.807, 2.05) is 20.8 Å². The van der Waals surface area contributed by atoms with E-state index < -0.39 is 5.97 Å². The van der Waals surface area contributed by atoms with E-state index in [0.717, 1.165) is 6.54 Å². The number of carbonyl (C=O) groups excluding carboxylic acids is 1. The lowest BCUT2D eigenvalue weighted by molar-refractivity contribution is 0.0593. The quantitative estimate of drug-likeness (QED) is 0.771. The highest BCUT2D eigenvalue weighted by Crippen LogP contribution is 2.01. The summed E-state index contributed by atoms with van der Waals surface area (Å²) in [6.45, 7) is 6.72. The van der Waals surface area contributed by atoms with E-state index in [4.69, 9.17) is 0 Å². The Morgan fingerprint density at radius 1 is 1.40 bits per heavy atom. The molecular formula is C10H17N3O2. The van der Waals surface area contributed by atoms with Gasteiger partial charge >= 0.3 is 5.97 Å². The Bertz CT molecular complexity index is 285. The van der Waals surface area contributed by atoms with Crippen LogP contribution in [0.3, 0.4) is 0 Å². The Balaban J connectivity index is 0.000000921. The number of methoxy groups -OCH3 is 1. The van der Waals surface area contributed by atoms with Crippen LogP contribution in [-0.4, -0.2) is 29.6 Å². The molecule has 0 aliphatic rings. The summed E-state index contributed by atoms with van der Waals surface area (Å²) < 4.78 is 4.47. The number of nitrogens with one attached hydrogen (secondary N) is 1. The Labute approximate surface area is 89.9 Å². The molecule has 1 aromatic rings. The van der Waals surface area contributed by atoms with Crippen LogP contribution in [0.4, 0.5) is 5.82 Å². The fourth-order valence-corrected chi connectivity index (χ4v) is 0.810. The predicted octanol–water partition coefficient (Wildman–Crippen LogP) is 1.72. The van der Waals surface area contributed by atoms with E-state index in [-0.39, 0.29) is 5.69 Å². The zero-order valence-corrected chi connectivity index (χ0v) is 9.57. The van der Waals surface area contributed by atoms with Crippen LogP contribution in [0, 0.1) is 0 Å². The average Bonchev–Trinajstić information content (AvgIpc) is 2.32. The lowest BCUT2D eigenvalue weighted by Crippen LogP contribution is -2.06. The van der Waals surface area contributed by atoms with E-state index in [1.165, 1.54) is 19.5 Å². The molecule has 1 heterocycles. The second-order valence-electron chi connectivity index (χ2n) is 2.31. The van der Waals surface area contributed by atoms with Crippen LogP contribution >= 0.6 is 0 Å². The molecule has 0 saturated heterocycles. The largest absolute Gasteiger partial charge is 0.464 e. The van der Waals surface area contributed by atoms with E-state index in [1.54, 1.807) is 0 Å². The highest BCUT2D eigenvalue weighted by molar-refractivity contribution is 5.86. The van der Waals surface area contributed by atoms with Crippen molar-refractivity contribution in [3.8, 4) is 0 Å². The maximum absolute atomic E-state index is 10.9. The normalized spacial score (nSPS) is 8.53. The first kappa shape index (κ1) is 13.4. The molecule has 0 bridgehead atoms. The summed E-state index contributed by atoms with van der Waals surface area (Å²) in [5.74, 6) is 0.172. The van der Waals surface area contributed by atoms with Gasteiger partial charge in [-0.2, -0.15) is 0 Å². The fraction of sp³-hybridized carbons (Fsp3) is 0.500. The molecule has 5 heteroatoms. The van der Waals surface area contributed by atoms with Crippen molar-refractivity contribution in [2.75, 3.05) is 19.0 Å². The average molecular weight is 211 g/mol. The minimum Gasteiger partial charge on any atom is -0.464 e. The highest BCUT2D eigenvalue weighted by atomic mass is 16.5. The topological polar surface area (TPSA) is 64.1 Å². The fourth-order valence-electron chi connectivity index (χ4n) is 0.810. The SMILES string of the molecule is CC.CCNc1cnc(C(=O)OC)cn1. The van der Waals surface area contributed by atoms with E-state index in [2.05, 4.69) is 20.0 Å². The van der Waals surface area contributed by atoms with Crippen molar-refractivity contribution < 1.29 is 9.53 Å². The summed E-state index contributed by atoms with van der Waals surface area (Å²) in [5.41, 5.74) is 0.212. The van der Waals surface area contributed by atoms with Gasteiger partial charge in [0.1, 0.15) is 5.82 Å². The van der Waals surface area contributed by atoms with Crippen LogP contribution in [0.5, 0.6) is 0 Å². The van der Waals surface area contributed by atoms with E-state index in [9.17, 15) is 4.79 Å². The zero-order chi connectivity index (χ0) is 11.7. The van der Waals surface area contributed by atoms with Crippen molar-refractivity contribution in [2.45, 2.75) is 20.8 Å². The summed E-state index contributed by atoms with van der Waals surface area (Å²) in [5, 5.41) is 2.97. The molecule has 0 aliphatic heterocycles. The highest BCUT2D eigenvalue weighted by Gasteiger charge is 2.06. The number of hydrogen-bond acceptors (Lipinski definition) is 5. The Morgan fingerprint density at radius 3 is 2.47 bits per heavy atom. The molecule has 0 radical (unpaired) electrons. The molecule has 1 N–H and O–H groups in total. The minimum atomic E-state index is -0.476. The Hall–Kier alpha value is -1.65. The van der Waals surface area contributed by atoms with Gasteiger partial charge in [0.15, 0.2) is 5.69 Å². The second kappa shape index (κ2) is 7.73. The van der Waals surface area contributed by atoms with Crippen LogP contribution in [0.1, 0.15) is 31.3 Å². The molecule has 0 unspecified atom stereocenters. The molecule has 0 atom stereocenters. The van der Waals surface area contributed by atoms with Crippen LogP contribution in [0.2, 0.25) is 0 Å². The zero-order valence-electron chi connectivity index (χ0n) is 9.57. The smallest absolute Gasteiger partial charge is 0.358 e. The monoisotopic (exact) mass is 211 g/mol. The Kier molecular flexibility index (Phi) is 6.88. The van der Waals surface area contributed by atoms with Crippen LogP contribution in [0.25, 0.3) is 0 Å². The molecule has 0 saturated carbocycles. The predicted molar refractivity (Wildman–Crippen MR) is 58.9 cm³/mol. The van der Waals surface area contributed by atoms with Crippen molar-refractivity contribution >= 4 is 11.8 Å². The third kappa shape index (κ3) is 4.39. The number of esters is 1. The number of anilines is 1. The Morgan fingerprint density at radius 2 is 2.07 bits per heavy atom. The van der Waals surface area contributed by atoms with Gasteiger partial charge in [0.2, 0.25) is 0 Å². The molecule has 84 valence electrons. The molecule has 0 aliphatic carbocycles. The van der Waals surface area contributed by atoms with Gasteiger partial charge < -0.3 is 10.1 Å². The summed E-state index contributed by atoms with van der Waals surface area (Å²) in [4.78, 5) is 18.8. The standard InChI is InChI=1S/C8H11N3O2.C2H6/c1-3-9-7-5-10-6(4-11-7)8(12)13-2;1-2/h4-5H,3H2,1-2H3,(H,9,11);1-2H3. The van der Waals surface area contributed by atoms with E-state index in [0.29, 0.717) is 5.82 Å². The molecule has 5 nitrogen and oxygen atoms in total. The first-order chi connectivity index (χ1) is 7.27. The first-order valence-corrected chi connectivity index (χ1v) is 4.92. The first-order valence-electron chi connectivity index (χ1n) is 4.92. The van der Waals surface area contributed by atoms with Crippen LogP contribution < -0.4 is 5.32 Å². The summed E-state index contributed by atoms with van der Waals surface area (Å²) >= 11 is 0. The van der Waals surface area contributed by atoms with Crippen LogP contribution in [-0.2, 0) is 4.74 Å². The van der Waals surface area contributed by atoms with E-state index >= 15 is 0 Å². The van der Waals surface area contributed by atoms with Crippen molar-refractivity contribution in [2.24, 2.45) is 0 Å². The number of rotatable bonds is 3. The van der Waals surface area contributed by atoms with Gasteiger partial charge in [0.25, 0.3) is 0 Å². The van der Waals surface area contributed by atoms with Gasteiger partial charge in [0, 0.05) is 6.54 Å². The summed E-state index contributed by atoms with van der Waals surface area (Å²) in [7, 11) is 1.31. The van der Waals surface area contributed by atoms with Gasteiger partial charge in [-0.1, -0.05) is 13.8 Å². The maximum Gasteiger partial charge on any atom is 0.358 e. The van der Waals surface area contributed by atoms with Gasteiger partial charge in [-0.15, -0.1) is 0 Å². The van der Waals surface area contributed by atoms with Crippen molar-refractivity contribution in [1.29, 1.82) is 0 Å². The van der Waals surface area contributed by atoms with Gasteiger partial charge in [0.05, 0.1) is 19.5 Å². The maximum atomic E-state index is 10.9. The third-order valence-electron chi connectivity index (χ3n) is 1.40. The lowest BCUT2D eigenvalue weighted by atomic mass is 10.4. The molecule has 1 aromatic heterocycles. The van der Waals surface area contributed by atoms with Gasteiger partial charge in [-0.3, -0.25) is 0 Å².